The first-order chi connectivity index (χ1) is 16.0. The maximum Gasteiger partial charge on any atom is 0.271 e. The lowest BCUT2D eigenvalue weighted by Gasteiger charge is -2.12. The van der Waals surface area contributed by atoms with Gasteiger partial charge in [0.05, 0.1) is 5.69 Å². The van der Waals surface area contributed by atoms with E-state index in [1.807, 2.05) is 36.7 Å². The van der Waals surface area contributed by atoms with Crippen molar-refractivity contribution in [2.24, 2.45) is 0 Å². The Morgan fingerprint density at radius 3 is 2.61 bits per heavy atom. The molecule has 0 saturated carbocycles. The third kappa shape index (κ3) is 4.16. The summed E-state index contributed by atoms with van der Waals surface area (Å²) in [6.45, 7) is 5.56. The molecule has 0 unspecified atom stereocenters. The van der Waals surface area contributed by atoms with Crippen LogP contribution in [0.5, 0.6) is 0 Å². The first kappa shape index (κ1) is 21.7. The highest BCUT2D eigenvalue weighted by atomic mass is 32.2. The van der Waals surface area contributed by atoms with Gasteiger partial charge in [-0.2, -0.15) is 4.57 Å². The van der Waals surface area contributed by atoms with Crippen molar-refractivity contribution in [2.45, 2.75) is 31.8 Å². The summed E-state index contributed by atoms with van der Waals surface area (Å²) in [5, 5.41) is 1.01. The SMILES string of the molecule is CCn1c(=O)/c(=C2\Sc3cc(C)ccc3N2C)s/c1=C\c1cccc[n+]1Cc1ccccc1. The molecule has 1 aliphatic heterocycles. The van der Waals surface area contributed by atoms with E-state index in [0.29, 0.717) is 6.54 Å². The number of benzene rings is 2. The minimum atomic E-state index is 0.0816. The molecule has 6 heteroatoms. The summed E-state index contributed by atoms with van der Waals surface area (Å²) in [4.78, 5) is 16.8. The number of hydrogen-bond donors (Lipinski definition) is 0. The molecule has 2 aromatic heterocycles. The topological polar surface area (TPSA) is 29.1 Å². The number of hydrogen-bond acceptors (Lipinski definition) is 4. The standard InChI is InChI=1S/C27H26N3OS2/c1-4-30-24(17-21-12-8-9-15-29(21)18-20-10-6-5-7-11-20)33-25(26(30)31)27-28(3)22-14-13-19(2)16-23(22)32-27/h5-17H,4,18H2,1-3H3/q+1/b27-25+. The predicted molar refractivity (Wildman–Crippen MR) is 138 cm³/mol. The first-order valence-corrected chi connectivity index (χ1v) is 12.7. The lowest BCUT2D eigenvalue weighted by molar-refractivity contribution is -0.690. The van der Waals surface area contributed by atoms with Gasteiger partial charge in [0.15, 0.2) is 12.7 Å². The van der Waals surface area contributed by atoms with Crippen LogP contribution in [0.15, 0.2) is 82.6 Å². The molecule has 166 valence electrons. The average Bonchev–Trinajstić information content (AvgIpc) is 3.31. The number of nitrogens with zero attached hydrogens (tertiary/aromatic N) is 3. The van der Waals surface area contributed by atoms with Crippen LogP contribution >= 0.6 is 23.1 Å². The van der Waals surface area contributed by atoms with Crippen molar-refractivity contribution in [2.75, 3.05) is 11.9 Å². The largest absolute Gasteiger partial charge is 0.337 e. The van der Waals surface area contributed by atoms with E-state index >= 15 is 0 Å². The van der Waals surface area contributed by atoms with E-state index < -0.39 is 0 Å². The Bertz CT molecular complexity index is 1500. The molecule has 0 amide bonds. The molecule has 0 bridgehead atoms. The van der Waals surface area contributed by atoms with E-state index in [1.54, 1.807) is 23.1 Å². The molecular formula is C27H26N3OS2+. The zero-order chi connectivity index (χ0) is 22.9. The van der Waals surface area contributed by atoms with Crippen LogP contribution in [-0.4, -0.2) is 11.6 Å². The van der Waals surface area contributed by atoms with Gasteiger partial charge in [-0.1, -0.05) is 48.2 Å². The van der Waals surface area contributed by atoms with Crippen molar-refractivity contribution >= 4 is 39.9 Å². The highest BCUT2D eigenvalue weighted by Gasteiger charge is 2.24. The normalized spacial score (nSPS) is 15.2. The number of anilines is 1. The number of rotatable bonds is 4. The summed E-state index contributed by atoms with van der Waals surface area (Å²) in [5.74, 6) is 0. The van der Waals surface area contributed by atoms with Gasteiger partial charge in [-0.15, -0.1) is 11.3 Å². The number of aromatic nitrogens is 2. The van der Waals surface area contributed by atoms with Crippen LogP contribution in [0.1, 0.15) is 23.7 Å². The van der Waals surface area contributed by atoms with E-state index in [9.17, 15) is 4.79 Å². The fourth-order valence-electron chi connectivity index (χ4n) is 4.10. The molecule has 0 saturated heterocycles. The van der Waals surface area contributed by atoms with E-state index in [2.05, 4.69) is 77.2 Å². The number of pyridine rings is 1. The molecule has 33 heavy (non-hydrogen) atoms. The van der Waals surface area contributed by atoms with Crippen LogP contribution in [-0.2, 0) is 13.1 Å². The van der Waals surface area contributed by atoms with Gasteiger partial charge in [0.2, 0.25) is 5.69 Å². The number of thioether (sulfide) groups is 1. The van der Waals surface area contributed by atoms with Crippen LogP contribution in [0.4, 0.5) is 5.69 Å². The fraction of sp³-hybridized carbons (Fsp3) is 0.185. The van der Waals surface area contributed by atoms with Gasteiger partial charge in [0.1, 0.15) is 14.2 Å². The monoisotopic (exact) mass is 472 g/mol. The Kier molecular flexibility index (Phi) is 5.96. The van der Waals surface area contributed by atoms with Crippen LogP contribution in [0.25, 0.3) is 11.1 Å². The van der Waals surface area contributed by atoms with E-state index in [-0.39, 0.29) is 5.56 Å². The quantitative estimate of drug-likeness (QED) is 0.424. The average molecular weight is 473 g/mol. The van der Waals surface area contributed by atoms with Gasteiger partial charge in [0, 0.05) is 42.3 Å². The van der Waals surface area contributed by atoms with Gasteiger partial charge in [-0.3, -0.25) is 9.36 Å². The third-order valence-electron chi connectivity index (χ3n) is 5.85. The smallest absolute Gasteiger partial charge is 0.271 e. The highest BCUT2D eigenvalue weighted by Crippen LogP contribution is 2.45. The van der Waals surface area contributed by atoms with E-state index in [1.165, 1.54) is 16.0 Å². The molecule has 4 nitrogen and oxygen atoms in total. The van der Waals surface area contributed by atoms with Crippen LogP contribution < -0.4 is 24.2 Å². The van der Waals surface area contributed by atoms with Crippen LogP contribution in [0.3, 0.4) is 0 Å². The second kappa shape index (κ2) is 9.04. The van der Waals surface area contributed by atoms with Crippen molar-refractivity contribution in [1.29, 1.82) is 0 Å². The zero-order valence-electron chi connectivity index (χ0n) is 19.0. The molecule has 0 radical (unpaired) electrons. The number of fused-ring (bicyclic) bond motifs is 1. The van der Waals surface area contributed by atoms with E-state index in [0.717, 1.165) is 32.2 Å². The molecule has 5 rings (SSSR count). The Hall–Kier alpha value is -3.09. The van der Waals surface area contributed by atoms with Crippen molar-refractivity contribution < 1.29 is 4.57 Å². The molecule has 0 aliphatic carbocycles. The summed E-state index contributed by atoms with van der Waals surface area (Å²) in [5.41, 5.74) is 4.79. The number of aryl methyl sites for hydroxylation is 1. The second-order valence-corrected chi connectivity index (χ2v) is 10.2. The molecule has 0 atom stereocenters. The van der Waals surface area contributed by atoms with Crippen molar-refractivity contribution in [1.82, 2.24) is 4.57 Å². The lowest BCUT2D eigenvalue weighted by atomic mass is 10.2. The van der Waals surface area contributed by atoms with E-state index in [4.69, 9.17) is 0 Å². The van der Waals surface area contributed by atoms with Crippen molar-refractivity contribution in [3.05, 3.63) is 109 Å². The maximum absolute atomic E-state index is 13.4. The van der Waals surface area contributed by atoms with Gasteiger partial charge in [0.25, 0.3) is 5.56 Å². The van der Waals surface area contributed by atoms with Gasteiger partial charge in [-0.05, 0) is 37.6 Å². The van der Waals surface area contributed by atoms with Crippen molar-refractivity contribution in [3.63, 3.8) is 0 Å². The summed E-state index contributed by atoms with van der Waals surface area (Å²) >= 11 is 3.27. The molecule has 0 fully saturated rings. The third-order valence-corrected chi connectivity index (χ3v) is 8.32. The summed E-state index contributed by atoms with van der Waals surface area (Å²) in [6.07, 6.45) is 4.23. The lowest BCUT2D eigenvalue weighted by Crippen LogP contribution is -2.38. The minimum Gasteiger partial charge on any atom is -0.337 e. The molecule has 3 heterocycles. The van der Waals surface area contributed by atoms with Crippen LogP contribution in [0, 0.1) is 6.92 Å². The maximum atomic E-state index is 13.4. The highest BCUT2D eigenvalue weighted by molar-refractivity contribution is 8.08. The number of thiazole rings is 1. The molecular weight excluding hydrogens is 446 g/mol. The minimum absolute atomic E-state index is 0.0816. The Morgan fingerprint density at radius 2 is 1.82 bits per heavy atom. The fourth-order valence-corrected chi connectivity index (χ4v) is 6.66. The molecule has 1 aliphatic rings. The summed E-state index contributed by atoms with van der Waals surface area (Å²) < 4.78 is 5.88. The Balaban J connectivity index is 1.63. The molecule has 0 spiro atoms. The van der Waals surface area contributed by atoms with Gasteiger partial charge in [-0.25, -0.2) is 0 Å². The predicted octanol–water partition coefficient (Wildman–Crippen LogP) is 3.71. The Morgan fingerprint density at radius 1 is 1.03 bits per heavy atom. The summed E-state index contributed by atoms with van der Waals surface area (Å²) in [6, 6.07) is 23.1. The van der Waals surface area contributed by atoms with Gasteiger partial charge >= 0.3 is 0 Å². The first-order valence-electron chi connectivity index (χ1n) is 11.1. The molecule has 0 N–H and O–H groups in total. The zero-order valence-corrected chi connectivity index (χ0v) is 20.6. The Labute approximate surface area is 201 Å². The van der Waals surface area contributed by atoms with Crippen LogP contribution in [0.2, 0.25) is 0 Å². The summed E-state index contributed by atoms with van der Waals surface area (Å²) in [7, 11) is 2.05. The molecule has 2 aromatic carbocycles. The van der Waals surface area contributed by atoms with Gasteiger partial charge < -0.3 is 4.90 Å². The second-order valence-electron chi connectivity index (χ2n) is 8.14. The molecule has 4 aromatic rings. The van der Waals surface area contributed by atoms with Crippen molar-refractivity contribution in [3.8, 4) is 0 Å².